The molecular weight excluding hydrogens is 433 g/mol. The van der Waals surface area contributed by atoms with Crippen molar-refractivity contribution in [2.24, 2.45) is 0 Å². The summed E-state index contributed by atoms with van der Waals surface area (Å²) in [4.78, 5) is 27.0. The molecular formula is C21H17ClFNO5S. The highest BCUT2D eigenvalue weighted by Crippen LogP contribution is 2.42. The molecule has 2 aliphatic rings. The lowest BCUT2D eigenvalue weighted by molar-refractivity contribution is -0.141. The molecule has 0 unspecified atom stereocenters. The van der Waals surface area contributed by atoms with E-state index in [9.17, 15) is 27.5 Å². The third-order valence-electron chi connectivity index (χ3n) is 5.36. The molecule has 2 aliphatic heterocycles. The molecule has 0 bridgehead atoms. The van der Waals surface area contributed by atoms with Crippen LogP contribution in [0, 0.1) is 5.82 Å². The number of hydrogen-bond donors (Lipinski definition) is 1. The van der Waals surface area contributed by atoms with Crippen LogP contribution in [0.2, 0.25) is 5.02 Å². The van der Waals surface area contributed by atoms with Gasteiger partial charge in [0, 0.05) is 16.6 Å². The molecule has 2 aromatic rings. The van der Waals surface area contributed by atoms with Gasteiger partial charge in [-0.15, -0.1) is 0 Å². The fourth-order valence-electron chi connectivity index (χ4n) is 3.99. The summed E-state index contributed by atoms with van der Waals surface area (Å²) in [6.45, 7) is 0. The first-order valence-corrected chi connectivity index (χ1v) is 11.4. The van der Waals surface area contributed by atoms with E-state index in [-0.39, 0.29) is 34.6 Å². The molecule has 4 rings (SSSR count). The van der Waals surface area contributed by atoms with Crippen molar-refractivity contribution < 1.29 is 27.5 Å². The molecule has 0 spiro atoms. The summed E-state index contributed by atoms with van der Waals surface area (Å²) in [5.74, 6) is -3.25. The summed E-state index contributed by atoms with van der Waals surface area (Å²) < 4.78 is 38.0. The monoisotopic (exact) mass is 449 g/mol. The number of benzene rings is 2. The molecule has 0 saturated carbocycles. The Labute approximate surface area is 177 Å². The van der Waals surface area contributed by atoms with Crippen molar-refractivity contribution in [3.05, 3.63) is 76.1 Å². The highest BCUT2D eigenvalue weighted by molar-refractivity contribution is 7.91. The number of ketones is 1. The van der Waals surface area contributed by atoms with Gasteiger partial charge in [-0.25, -0.2) is 12.8 Å². The van der Waals surface area contributed by atoms with Gasteiger partial charge in [0.25, 0.3) is 11.7 Å². The maximum Gasteiger partial charge on any atom is 0.295 e. The standard InChI is InChI=1S/C21H17ClFNO5S/c22-14-6-4-12(5-7-14)19(25)17-18(13-2-1-3-15(23)10-13)24(21(27)20(17)26)16-8-9-30(28,29)11-16/h1-7,10,16,18,25H,8-9,11H2/t16-,18-/m1/s1. The summed E-state index contributed by atoms with van der Waals surface area (Å²) >= 11 is 5.88. The van der Waals surface area contributed by atoms with E-state index in [4.69, 9.17) is 11.6 Å². The van der Waals surface area contributed by atoms with Crippen molar-refractivity contribution in [1.29, 1.82) is 0 Å². The zero-order chi connectivity index (χ0) is 21.6. The number of carbonyl (C=O) groups excluding carboxylic acids is 2. The molecule has 2 heterocycles. The Balaban J connectivity index is 1.90. The Morgan fingerprint density at radius 1 is 1.13 bits per heavy atom. The van der Waals surface area contributed by atoms with Gasteiger partial charge in [0.2, 0.25) is 0 Å². The van der Waals surface area contributed by atoms with Crippen molar-refractivity contribution in [2.75, 3.05) is 11.5 Å². The molecule has 2 aromatic carbocycles. The number of amides is 1. The lowest BCUT2D eigenvalue weighted by Gasteiger charge is -2.30. The van der Waals surface area contributed by atoms with Crippen LogP contribution in [0.4, 0.5) is 4.39 Å². The number of aliphatic hydroxyl groups excluding tert-OH is 1. The summed E-state index contributed by atoms with van der Waals surface area (Å²) in [5, 5.41) is 11.3. The minimum atomic E-state index is -3.35. The van der Waals surface area contributed by atoms with Crippen LogP contribution in [0.25, 0.3) is 5.76 Å². The molecule has 0 aliphatic carbocycles. The van der Waals surface area contributed by atoms with Crippen LogP contribution in [0.5, 0.6) is 0 Å². The van der Waals surface area contributed by atoms with Crippen molar-refractivity contribution in [3.63, 3.8) is 0 Å². The van der Waals surface area contributed by atoms with E-state index >= 15 is 0 Å². The van der Waals surface area contributed by atoms with Gasteiger partial charge < -0.3 is 10.0 Å². The van der Waals surface area contributed by atoms with E-state index in [2.05, 4.69) is 0 Å². The predicted octanol–water partition coefficient (Wildman–Crippen LogP) is 3.09. The SMILES string of the molecule is O=C1C(=O)N([C@@H]2CCS(=O)(=O)C2)[C@H](c2cccc(F)c2)C1=C(O)c1ccc(Cl)cc1. The smallest absolute Gasteiger partial charge is 0.295 e. The number of nitrogens with zero attached hydrogens (tertiary/aromatic N) is 1. The lowest BCUT2D eigenvalue weighted by atomic mass is 9.94. The first-order valence-electron chi connectivity index (χ1n) is 9.20. The molecule has 2 atom stereocenters. The molecule has 2 fully saturated rings. The average molecular weight is 450 g/mol. The molecule has 1 N–H and O–H groups in total. The van der Waals surface area contributed by atoms with Crippen LogP contribution >= 0.6 is 11.6 Å². The zero-order valence-corrected chi connectivity index (χ0v) is 17.2. The lowest BCUT2D eigenvalue weighted by Crippen LogP contribution is -2.40. The quantitative estimate of drug-likeness (QED) is 0.441. The number of sulfone groups is 1. The highest BCUT2D eigenvalue weighted by Gasteiger charge is 2.51. The summed E-state index contributed by atoms with van der Waals surface area (Å²) in [6, 6.07) is 9.54. The molecule has 6 nitrogen and oxygen atoms in total. The second kappa shape index (κ2) is 7.52. The van der Waals surface area contributed by atoms with E-state index in [0.717, 1.165) is 0 Å². The summed E-state index contributed by atoms with van der Waals surface area (Å²) in [5.41, 5.74) is 0.323. The van der Waals surface area contributed by atoms with Crippen molar-refractivity contribution >= 4 is 38.9 Å². The number of halogens is 2. The number of Topliss-reactive ketones (excluding diaryl/α,β-unsaturated/α-hetero) is 1. The van der Waals surface area contributed by atoms with Gasteiger partial charge >= 0.3 is 0 Å². The van der Waals surface area contributed by atoms with E-state index in [1.165, 1.54) is 53.4 Å². The van der Waals surface area contributed by atoms with Gasteiger partial charge in [-0.2, -0.15) is 0 Å². The number of likely N-dealkylation sites (tertiary alicyclic amines) is 1. The van der Waals surface area contributed by atoms with Crippen molar-refractivity contribution in [2.45, 2.75) is 18.5 Å². The van der Waals surface area contributed by atoms with E-state index in [1.807, 2.05) is 0 Å². The van der Waals surface area contributed by atoms with Crippen molar-refractivity contribution in [1.82, 2.24) is 4.90 Å². The molecule has 0 radical (unpaired) electrons. The third kappa shape index (κ3) is 3.61. The van der Waals surface area contributed by atoms with E-state index in [0.29, 0.717) is 5.02 Å². The van der Waals surface area contributed by atoms with Crippen LogP contribution in [0.3, 0.4) is 0 Å². The van der Waals surface area contributed by atoms with Crippen LogP contribution < -0.4 is 0 Å². The maximum absolute atomic E-state index is 14.0. The highest BCUT2D eigenvalue weighted by atomic mass is 35.5. The fourth-order valence-corrected chi connectivity index (χ4v) is 5.83. The normalized spacial score (nSPS) is 25.1. The largest absolute Gasteiger partial charge is 0.507 e. The van der Waals surface area contributed by atoms with Gasteiger partial charge in [-0.05, 0) is 48.4 Å². The van der Waals surface area contributed by atoms with Crippen molar-refractivity contribution in [3.8, 4) is 0 Å². The fraction of sp³-hybridized carbons (Fsp3) is 0.238. The summed E-state index contributed by atoms with van der Waals surface area (Å²) in [7, 11) is -3.35. The second-order valence-electron chi connectivity index (χ2n) is 7.33. The zero-order valence-electron chi connectivity index (χ0n) is 15.6. The van der Waals surface area contributed by atoms with Crippen LogP contribution in [0.15, 0.2) is 54.1 Å². The van der Waals surface area contributed by atoms with Crippen LogP contribution in [-0.2, 0) is 19.4 Å². The topological polar surface area (TPSA) is 91.8 Å². The van der Waals surface area contributed by atoms with Gasteiger partial charge in [0.1, 0.15) is 11.6 Å². The number of hydrogen-bond acceptors (Lipinski definition) is 5. The minimum absolute atomic E-state index is 0.103. The van der Waals surface area contributed by atoms with Gasteiger partial charge in [-0.1, -0.05) is 23.7 Å². The molecule has 2 saturated heterocycles. The predicted molar refractivity (Wildman–Crippen MR) is 109 cm³/mol. The maximum atomic E-state index is 14.0. The Morgan fingerprint density at radius 2 is 1.83 bits per heavy atom. The van der Waals surface area contributed by atoms with E-state index in [1.54, 1.807) is 0 Å². The molecule has 156 valence electrons. The van der Waals surface area contributed by atoms with Gasteiger partial charge in [0.15, 0.2) is 9.84 Å². The second-order valence-corrected chi connectivity index (χ2v) is 9.99. The molecule has 1 amide bonds. The Hall–Kier alpha value is -2.71. The van der Waals surface area contributed by atoms with E-state index < -0.39 is 45.2 Å². The average Bonchev–Trinajstić information content (AvgIpc) is 3.18. The first-order chi connectivity index (χ1) is 14.2. The molecule has 9 heteroatoms. The van der Waals surface area contributed by atoms with Crippen LogP contribution in [0.1, 0.15) is 23.6 Å². The van der Waals surface area contributed by atoms with Gasteiger partial charge in [0.05, 0.1) is 23.1 Å². The minimum Gasteiger partial charge on any atom is -0.507 e. The van der Waals surface area contributed by atoms with Gasteiger partial charge in [-0.3, -0.25) is 9.59 Å². The Bertz CT molecular complexity index is 1180. The number of rotatable bonds is 3. The summed E-state index contributed by atoms with van der Waals surface area (Å²) in [6.07, 6.45) is 0.169. The molecule has 30 heavy (non-hydrogen) atoms. The first kappa shape index (κ1) is 20.6. The Morgan fingerprint density at radius 3 is 2.43 bits per heavy atom. The number of aliphatic hydroxyl groups is 1. The molecule has 0 aromatic heterocycles. The third-order valence-corrected chi connectivity index (χ3v) is 7.37. The van der Waals surface area contributed by atoms with Crippen LogP contribution in [-0.4, -0.2) is 47.7 Å². The number of carbonyl (C=O) groups is 2. The Kier molecular flexibility index (Phi) is 5.15.